The topological polar surface area (TPSA) is 81.4 Å². The first-order valence-corrected chi connectivity index (χ1v) is 6.68. The fourth-order valence-corrected chi connectivity index (χ4v) is 1.90. The molecule has 3 rings (SSSR count). The summed E-state index contributed by atoms with van der Waals surface area (Å²) in [7, 11) is 0. The third-order valence-electron chi connectivity index (χ3n) is 2.80. The fraction of sp³-hybridized carbons (Fsp3) is 0.214. The van der Waals surface area contributed by atoms with Gasteiger partial charge < -0.3 is 5.32 Å². The number of nitrogens with one attached hydrogen (secondary N) is 1. The molecule has 7 nitrogen and oxygen atoms in total. The average Bonchev–Trinajstić information content (AvgIpc) is 3.01. The molecule has 106 valence electrons. The second-order valence-electron chi connectivity index (χ2n) is 4.51. The molecule has 0 radical (unpaired) electrons. The lowest BCUT2D eigenvalue weighted by molar-refractivity contribution is 0.798. The maximum absolute atomic E-state index is 4.47. The number of nitrogens with zero attached hydrogens (tertiary/aromatic N) is 6. The number of pyridine rings is 1. The van der Waals surface area contributed by atoms with Crippen LogP contribution in [0.4, 0.5) is 5.95 Å². The monoisotopic (exact) mass is 281 g/mol. The molecule has 0 saturated carbocycles. The molecule has 3 heterocycles. The zero-order chi connectivity index (χ0) is 14.7. The second-order valence-corrected chi connectivity index (χ2v) is 4.51. The molecule has 0 aliphatic carbocycles. The van der Waals surface area contributed by atoms with Crippen LogP contribution in [-0.4, -0.2) is 36.3 Å². The Bertz CT molecular complexity index is 737. The SMILES string of the molecule is CCNc1nc(-c2cncc(C)c2)nc(-n2cccn2)n1. The van der Waals surface area contributed by atoms with Crippen molar-refractivity contribution in [3.05, 3.63) is 42.5 Å². The molecule has 0 saturated heterocycles. The number of hydrogen-bond donors (Lipinski definition) is 1. The molecule has 0 spiro atoms. The highest BCUT2D eigenvalue weighted by atomic mass is 15.4. The zero-order valence-electron chi connectivity index (χ0n) is 11.9. The molecule has 7 heteroatoms. The number of anilines is 1. The lowest BCUT2D eigenvalue weighted by atomic mass is 10.2. The summed E-state index contributed by atoms with van der Waals surface area (Å²) in [5, 5.41) is 7.27. The molecule has 0 atom stereocenters. The molecular formula is C14H15N7. The van der Waals surface area contributed by atoms with Crippen molar-refractivity contribution in [2.24, 2.45) is 0 Å². The van der Waals surface area contributed by atoms with E-state index < -0.39 is 0 Å². The molecule has 0 amide bonds. The zero-order valence-corrected chi connectivity index (χ0v) is 11.9. The molecule has 21 heavy (non-hydrogen) atoms. The van der Waals surface area contributed by atoms with Gasteiger partial charge in [-0.05, 0) is 31.5 Å². The first kappa shape index (κ1) is 13.2. The Balaban J connectivity index is 2.11. The van der Waals surface area contributed by atoms with Crippen LogP contribution >= 0.6 is 0 Å². The van der Waals surface area contributed by atoms with Crippen molar-refractivity contribution >= 4 is 5.95 Å². The molecule has 0 aliphatic heterocycles. The minimum atomic E-state index is 0.474. The van der Waals surface area contributed by atoms with E-state index in [9.17, 15) is 0 Å². The maximum Gasteiger partial charge on any atom is 0.255 e. The van der Waals surface area contributed by atoms with E-state index in [4.69, 9.17) is 0 Å². The van der Waals surface area contributed by atoms with Crippen LogP contribution in [0.1, 0.15) is 12.5 Å². The normalized spacial score (nSPS) is 10.6. The van der Waals surface area contributed by atoms with Gasteiger partial charge in [0.2, 0.25) is 5.95 Å². The van der Waals surface area contributed by atoms with Gasteiger partial charge in [-0.2, -0.15) is 20.1 Å². The predicted octanol–water partition coefficient (Wildman–Crippen LogP) is 1.86. The van der Waals surface area contributed by atoms with E-state index in [0.717, 1.165) is 17.7 Å². The van der Waals surface area contributed by atoms with E-state index >= 15 is 0 Å². The maximum atomic E-state index is 4.47. The van der Waals surface area contributed by atoms with Gasteiger partial charge in [0.25, 0.3) is 5.95 Å². The number of aryl methyl sites for hydroxylation is 1. The first-order valence-electron chi connectivity index (χ1n) is 6.68. The minimum Gasteiger partial charge on any atom is -0.354 e. The smallest absolute Gasteiger partial charge is 0.255 e. The Morgan fingerprint density at radius 1 is 1.19 bits per heavy atom. The Kier molecular flexibility index (Phi) is 3.55. The Morgan fingerprint density at radius 3 is 2.81 bits per heavy atom. The number of aromatic nitrogens is 6. The van der Waals surface area contributed by atoms with Crippen molar-refractivity contribution in [2.45, 2.75) is 13.8 Å². The quantitative estimate of drug-likeness (QED) is 0.786. The minimum absolute atomic E-state index is 0.474. The van der Waals surface area contributed by atoms with Gasteiger partial charge in [0.15, 0.2) is 5.82 Å². The van der Waals surface area contributed by atoms with Crippen LogP contribution in [0.5, 0.6) is 0 Å². The van der Waals surface area contributed by atoms with Crippen LogP contribution < -0.4 is 5.32 Å². The predicted molar refractivity (Wildman–Crippen MR) is 79.1 cm³/mol. The van der Waals surface area contributed by atoms with Crippen molar-refractivity contribution in [2.75, 3.05) is 11.9 Å². The summed E-state index contributed by atoms with van der Waals surface area (Å²) in [5.41, 5.74) is 1.91. The number of hydrogen-bond acceptors (Lipinski definition) is 6. The van der Waals surface area contributed by atoms with E-state index in [1.807, 2.05) is 26.0 Å². The fourth-order valence-electron chi connectivity index (χ4n) is 1.90. The molecule has 1 N–H and O–H groups in total. The van der Waals surface area contributed by atoms with E-state index in [1.54, 1.807) is 29.5 Å². The highest BCUT2D eigenvalue weighted by Crippen LogP contribution is 2.17. The van der Waals surface area contributed by atoms with Gasteiger partial charge in [0, 0.05) is 36.9 Å². The standard InChI is InChI=1S/C14H15N7/c1-3-16-13-18-12(11-7-10(2)8-15-9-11)19-14(20-13)21-6-4-5-17-21/h4-9H,3H2,1-2H3,(H,16,18,19,20). The molecular weight excluding hydrogens is 266 g/mol. The summed E-state index contributed by atoms with van der Waals surface area (Å²) in [5.74, 6) is 1.57. The van der Waals surface area contributed by atoms with Crippen molar-refractivity contribution in [3.63, 3.8) is 0 Å². The summed E-state index contributed by atoms with van der Waals surface area (Å²) in [4.78, 5) is 17.4. The summed E-state index contributed by atoms with van der Waals surface area (Å²) in [6.45, 7) is 4.71. The highest BCUT2D eigenvalue weighted by molar-refractivity contribution is 5.56. The van der Waals surface area contributed by atoms with Crippen molar-refractivity contribution in [1.82, 2.24) is 29.7 Å². The lowest BCUT2D eigenvalue weighted by Crippen LogP contribution is -2.10. The third kappa shape index (κ3) is 2.86. The van der Waals surface area contributed by atoms with E-state index in [-0.39, 0.29) is 0 Å². The van der Waals surface area contributed by atoms with Gasteiger partial charge in [-0.1, -0.05) is 0 Å². The van der Waals surface area contributed by atoms with Gasteiger partial charge in [0.05, 0.1) is 0 Å². The molecule has 3 aromatic heterocycles. The molecule has 3 aromatic rings. The molecule has 0 unspecified atom stereocenters. The molecule has 0 aliphatic rings. The number of rotatable bonds is 4. The van der Waals surface area contributed by atoms with Crippen molar-refractivity contribution < 1.29 is 0 Å². The van der Waals surface area contributed by atoms with Crippen LogP contribution in [0.2, 0.25) is 0 Å². The summed E-state index contributed by atoms with van der Waals surface area (Å²) >= 11 is 0. The van der Waals surface area contributed by atoms with E-state index in [2.05, 4.69) is 30.4 Å². The van der Waals surface area contributed by atoms with Gasteiger partial charge in [-0.15, -0.1) is 0 Å². The molecule has 0 bridgehead atoms. The van der Waals surface area contributed by atoms with E-state index in [0.29, 0.717) is 17.7 Å². The Hall–Kier alpha value is -2.83. The van der Waals surface area contributed by atoms with Gasteiger partial charge in [-0.3, -0.25) is 4.98 Å². The average molecular weight is 281 g/mol. The van der Waals surface area contributed by atoms with Crippen LogP contribution in [0, 0.1) is 6.92 Å². The van der Waals surface area contributed by atoms with Gasteiger partial charge >= 0.3 is 0 Å². The lowest BCUT2D eigenvalue weighted by Gasteiger charge is -2.08. The first-order chi connectivity index (χ1) is 10.3. The largest absolute Gasteiger partial charge is 0.354 e. The second kappa shape index (κ2) is 5.66. The van der Waals surface area contributed by atoms with Crippen molar-refractivity contribution in [3.8, 4) is 17.3 Å². The summed E-state index contributed by atoms with van der Waals surface area (Å²) in [6, 6.07) is 3.82. The highest BCUT2D eigenvalue weighted by Gasteiger charge is 2.10. The van der Waals surface area contributed by atoms with Crippen LogP contribution in [0.15, 0.2) is 36.9 Å². The molecule has 0 fully saturated rings. The van der Waals surface area contributed by atoms with Gasteiger partial charge in [-0.25, -0.2) is 4.68 Å². The molecule has 0 aromatic carbocycles. The third-order valence-corrected chi connectivity index (χ3v) is 2.80. The van der Waals surface area contributed by atoms with Crippen LogP contribution in [0.3, 0.4) is 0 Å². The van der Waals surface area contributed by atoms with Crippen LogP contribution in [-0.2, 0) is 0 Å². The van der Waals surface area contributed by atoms with Crippen LogP contribution in [0.25, 0.3) is 17.3 Å². The Morgan fingerprint density at radius 2 is 2.10 bits per heavy atom. The van der Waals surface area contributed by atoms with E-state index in [1.165, 1.54) is 0 Å². The van der Waals surface area contributed by atoms with Gasteiger partial charge in [0.1, 0.15) is 0 Å². The summed E-state index contributed by atoms with van der Waals surface area (Å²) in [6.07, 6.45) is 7.02. The Labute approximate surface area is 122 Å². The van der Waals surface area contributed by atoms with Crippen molar-refractivity contribution in [1.29, 1.82) is 0 Å². The summed E-state index contributed by atoms with van der Waals surface area (Å²) < 4.78 is 1.61.